The summed E-state index contributed by atoms with van der Waals surface area (Å²) in [5, 5.41) is 2.97. The van der Waals surface area contributed by atoms with Gasteiger partial charge in [0.2, 0.25) is 5.91 Å². The molecule has 2 saturated heterocycles. The van der Waals surface area contributed by atoms with Gasteiger partial charge in [-0.15, -0.1) is 11.8 Å². The first kappa shape index (κ1) is 20.0. The molecule has 0 aromatic heterocycles. The summed E-state index contributed by atoms with van der Waals surface area (Å²) in [6.45, 7) is 11.5. The third-order valence-corrected chi connectivity index (χ3v) is 6.72. The molecule has 1 N–H and O–H groups in total. The number of rotatable bonds is 5. The largest absolute Gasteiger partial charge is 0.338 e. The van der Waals surface area contributed by atoms with Crippen molar-refractivity contribution in [2.45, 2.75) is 31.4 Å². The second kappa shape index (κ2) is 8.97. The zero-order valence-electron chi connectivity index (χ0n) is 16.5. The van der Waals surface area contributed by atoms with Gasteiger partial charge in [0.25, 0.3) is 0 Å². The predicted molar refractivity (Wildman–Crippen MR) is 110 cm³/mol. The Hall–Kier alpha value is -1.73. The number of carbonyl (C=O) groups excluding carboxylic acids is 2. The van der Waals surface area contributed by atoms with Crippen LogP contribution in [0.2, 0.25) is 0 Å². The number of hydrogen-bond acceptors (Lipinski definition) is 4. The van der Waals surface area contributed by atoms with E-state index >= 15 is 0 Å². The van der Waals surface area contributed by atoms with Crippen LogP contribution in [0, 0.1) is 6.92 Å². The molecule has 2 aliphatic rings. The molecule has 3 amide bonds. The van der Waals surface area contributed by atoms with Crippen molar-refractivity contribution >= 4 is 23.7 Å². The lowest BCUT2D eigenvalue weighted by atomic mass is 10.1. The summed E-state index contributed by atoms with van der Waals surface area (Å²) in [6, 6.07) is 8.37. The molecule has 0 spiro atoms. The molecule has 0 bridgehead atoms. The fourth-order valence-electron chi connectivity index (χ4n) is 3.69. The van der Waals surface area contributed by atoms with E-state index in [1.807, 2.05) is 29.7 Å². The molecule has 3 rings (SSSR count). The monoisotopic (exact) mass is 390 g/mol. The van der Waals surface area contributed by atoms with Crippen LogP contribution >= 0.6 is 11.8 Å². The molecule has 2 heterocycles. The van der Waals surface area contributed by atoms with E-state index in [0.717, 1.165) is 39.3 Å². The fraction of sp³-hybridized carbons (Fsp3) is 0.600. The molecule has 0 aliphatic carbocycles. The molecule has 148 valence electrons. The van der Waals surface area contributed by atoms with Crippen molar-refractivity contribution in [1.82, 2.24) is 20.0 Å². The van der Waals surface area contributed by atoms with Crippen molar-refractivity contribution in [3.63, 3.8) is 0 Å². The van der Waals surface area contributed by atoms with Crippen LogP contribution in [0.25, 0.3) is 0 Å². The summed E-state index contributed by atoms with van der Waals surface area (Å²) < 4.78 is 0. The minimum Gasteiger partial charge on any atom is -0.338 e. The van der Waals surface area contributed by atoms with Crippen LogP contribution in [0.4, 0.5) is 4.79 Å². The lowest BCUT2D eigenvalue weighted by molar-refractivity contribution is -0.130. The molecule has 27 heavy (non-hydrogen) atoms. The van der Waals surface area contributed by atoms with Crippen molar-refractivity contribution in [3.05, 3.63) is 35.4 Å². The summed E-state index contributed by atoms with van der Waals surface area (Å²) in [5.74, 6) is 0.231. The van der Waals surface area contributed by atoms with Crippen molar-refractivity contribution in [3.8, 4) is 0 Å². The third kappa shape index (κ3) is 4.58. The van der Waals surface area contributed by atoms with Crippen molar-refractivity contribution in [2.24, 2.45) is 0 Å². The van der Waals surface area contributed by atoms with Gasteiger partial charge in [-0.05, 0) is 31.9 Å². The predicted octanol–water partition coefficient (Wildman–Crippen LogP) is 2.30. The quantitative estimate of drug-likeness (QED) is 0.838. The Morgan fingerprint density at radius 2 is 1.89 bits per heavy atom. The first-order valence-corrected chi connectivity index (χ1v) is 10.7. The topological polar surface area (TPSA) is 55.9 Å². The van der Waals surface area contributed by atoms with E-state index in [4.69, 9.17) is 0 Å². The molecule has 0 saturated carbocycles. The van der Waals surface area contributed by atoms with Crippen LogP contribution in [0.15, 0.2) is 24.3 Å². The van der Waals surface area contributed by atoms with Gasteiger partial charge in [0.05, 0.1) is 5.25 Å². The zero-order valence-corrected chi connectivity index (χ0v) is 17.3. The van der Waals surface area contributed by atoms with Gasteiger partial charge in [-0.25, -0.2) is 4.79 Å². The van der Waals surface area contributed by atoms with Gasteiger partial charge in [-0.1, -0.05) is 24.3 Å². The molecule has 0 unspecified atom stereocenters. The van der Waals surface area contributed by atoms with Gasteiger partial charge in [0.1, 0.15) is 5.37 Å². The van der Waals surface area contributed by atoms with Crippen LogP contribution in [0.3, 0.4) is 0 Å². The smallest absolute Gasteiger partial charge is 0.317 e. The Morgan fingerprint density at radius 3 is 2.56 bits per heavy atom. The molecule has 2 atom stereocenters. The van der Waals surface area contributed by atoms with E-state index in [1.165, 1.54) is 11.1 Å². The Kier molecular flexibility index (Phi) is 6.65. The Morgan fingerprint density at radius 1 is 1.19 bits per heavy atom. The van der Waals surface area contributed by atoms with Gasteiger partial charge in [-0.2, -0.15) is 0 Å². The van der Waals surface area contributed by atoms with Crippen LogP contribution < -0.4 is 5.32 Å². The number of piperazine rings is 1. The van der Waals surface area contributed by atoms with Gasteiger partial charge in [0, 0.05) is 45.8 Å². The number of thioether (sulfide) groups is 1. The van der Waals surface area contributed by atoms with Crippen LogP contribution in [-0.2, 0) is 4.79 Å². The SMILES string of the molecule is CCNC(=O)N1CCN(CCN2C(=O)[C@H](C)S[C@H]2c2ccccc2C)CC1. The van der Waals surface area contributed by atoms with E-state index in [1.54, 1.807) is 11.8 Å². The molecule has 7 heteroatoms. The molecular formula is C20H30N4O2S. The molecule has 2 fully saturated rings. The van der Waals surface area contributed by atoms with Gasteiger partial charge < -0.3 is 15.1 Å². The number of urea groups is 1. The first-order valence-electron chi connectivity index (χ1n) is 9.78. The number of hydrogen-bond donors (Lipinski definition) is 1. The lowest BCUT2D eigenvalue weighted by Gasteiger charge is -2.36. The number of nitrogens with one attached hydrogen (secondary N) is 1. The minimum atomic E-state index is 0.00388. The standard InChI is InChI=1S/C20H30N4O2S/c1-4-21-20(26)23-12-9-22(10-13-23)11-14-24-18(25)16(3)27-19(24)17-8-6-5-7-15(17)2/h5-8,16,19H,4,9-14H2,1-3H3,(H,21,26)/t16-,19-/m0/s1. The molecule has 1 aromatic rings. The van der Waals surface area contributed by atoms with Crippen molar-refractivity contribution in [1.29, 1.82) is 0 Å². The van der Waals surface area contributed by atoms with Gasteiger partial charge in [0.15, 0.2) is 0 Å². The van der Waals surface area contributed by atoms with Crippen LogP contribution in [-0.4, -0.2) is 77.7 Å². The number of aryl methyl sites for hydroxylation is 1. The molecule has 0 radical (unpaired) electrons. The number of nitrogens with zero attached hydrogens (tertiary/aromatic N) is 3. The highest BCUT2D eigenvalue weighted by molar-refractivity contribution is 8.01. The van der Waals surface area contributed by atoms with E-state index in [-0.39, 0.29) is 22.6 Å². The summed E-state index contributed by atoms with van der Waals surface area (Å²) in [4.78, 5) is 30.9. The highest BCUT2D eigenvalue weighted by Gasteiger charge is 2.39. The maximum atomic E-state index is 12.7. The molecule has 6 nitrogen and oxygen atoms in total. The maximum absolute atomic E-state index is 12.7. The normalized spacial score (nSPS) is 23.7. The van der Waals surface area contributed by atoms with Crippen molar-refractivity contribution in [2.75, 3.05) is 45.8 Å². The Balaban J connectivity index is 1.57. The molecule has 2 aliphatic heterocycles. The number of carbonyl (C=O) groups is 2. The summed E-state index contributed by atoms with van der Waals surface area (Å²) >= 11 is 1.74. The first-order chi connectivity index (χ1) is 13.0. The Labute approximate surface area is 166 Å². The van der Waals surface area contributed by atoms with E-state index < -0.39 is 0 Å². The summed E-state index contributed by atoms with van der Waals surface area (Å²) in [7, 11) is 0. The average molecular weight is 391 g/mol. The highest BCUT2D eigenvalue weighted by Crippen LogP contribution is 2.43. The number of benzene rings is 1. The second-order valence-corrected chi connectivity index (χ2v) is 8.61. The fourth-order valence-corrected chi connectivity index (χ4v) is 5.10. The molecular weight excluding hydrogens is 360 g/mol. The number of amides is 3. The average Bonchev–Trinajstić information content (AvgIpc) is 2.95. The lowest BCUT2D eigenvalue weighted by Crippen LogP contribution is -2.53. The minimum absolute atomic E-state index is 0.00388. The summed E-state index contributed by atoms with van der Waals surface area (Å²) in [6.07, 6.45) is 0. The highest BCUT2D eigenvalue weighted by atomic mass is 32.2. The van der Waals surface area contributed by atoms with E-state index in [2.05, 4.69) is 35.3 Å². The van der Waals surface area contributed by atoms with E-state index in [9.17, 15) is 9.59 Å². The maximum Gasteiger partial charge on any atom is 0.317 e. The second-order valence-electron chi connectivity index (χ2n) is 7.18. The van der Waals surface area contributed by atoms with E-state index in [0.29, 0.717) is 6.54 Å². The summed E-state index contributed by atoms with van der Waals surface area (Å²) in [5.41, 5.74) is 2.47. The third-order valence-electron chi connectivity index (χ3n) is 5.35. The zero-order chi connectivity index (χ0) is 19.4. The van der Waals surface area contributed by atoms with Crippen LogP contribution in [0.1, 0.15) is 30.3 Å². The van der Waals surface area contributed by atoms with Crippen molar-refractivity contribution < 1.29 is 9.59 Å². The molecule has 1 aromatic carbocycles. The van der Waals surface area contributed by atoms with Crippen LogP contribution in [0.5, 0.6) is 0 Å². The van der Waals surface area contributed by atoms with Gasteiger partial charge in [-0.3, -0.25) is 9.69 Å². The Bertz CT molecular complexity index is 676. The van der Waals surface area contributed by atoms with Gasteiger partial charge >= 0.3 is 6.03 Å².